The van der Waals surface area contributed by atoms with Crippen molar-refractivity contribution in [3.63, 3.8) is 0 Å². The van der Waals surface area contributed by atoms with Gasteiger partial charge in [0.25, 0.3) is 5.91 Å². The fourth-order valence-corrected chi connectivity index (χ4v) is 4.36. The summed E-state index contributed by atoms with van der Waals surface area (Å²) in [5.41, 5.74) is -0.113. The number of hydrogen-bond acceptors (Lipinski definition) is 5. The number of fused-ring (bicyclic) bond motifs is 1. The Morgan fingerprint density at radius 3 is 3.00 bits per heavy atom. The lowest BCUT2D eigenvalue weighted by Gasteiger charge is -2.34. The molecular formula is C12H14NO5P. The fraction of sp³-hybridized carbons (Fsp3) is 0.417. The van der Waals surface area contributed by atoms with Crippen molar-refractivity contribution < 1.29 is 23.6 Å². The Hall–Kier alpha value is -1.36. The van der Waals surface area contributed by atoms with Crippen LogP contribution in [0.2, 0.25) is 0 Å². The van der Waals surface area contributed by atoms with E-state index in [0.29, 0.717) is 23.7 Å². The molecule has 1 amide bonds. The normalized spacial score (nSPS) is 30.7. The predicted molar refractivity (Wildman–Crippen MR) is 66.0 cm³/mol. The molecule has 6 nitrogen and oxygen atoms in total. The highest BCUT2D eigenvalue weighted by molar-refractivity contribution is 7.56. The third kappa shape index (κ3) is 2.16. The SMILES string of the molecule is O=C1C(P2(=O)OCc3ccccc3O2)CCCN1O. The molecule has 1 aromatic rings. The Bertz CT molecular complexity index is 561. The van der Waals surface area contributed by atoms with E-state index >= 15 is 0 Å². The first-order valence-corrected chi connectivity index (χ1v) is 7.73. The van der Waals surface area contributed by atoms with Crippen molar-refractivity contribution in [2.45, 2.75) is 25.1 Å². The lowest BCUT2D eigenvalue weighted by molar-refractivity contribution is -0.169. The van der Waals surface area contributed by atoms with Crippen molar-refractivity contribution in [3.8, 4) is 5.75 Å². The molecule has 0 radical (unpaired) electrons. The van der Waals surface area contributed by atoms with E-state index in [2.05, 4.69) is 0 Å². The van der Waals surface area contributed by atoms with Crippen LogP contribution in [0.5, 0.6) is 5.75 Å². The first-order chi connectivity index (χ1) is 9.10. The lowest BCUT2D eigenvalue weighted by atomic mass is 10.1. The Balaban J connectivity index is 1.89. The Morgan fingerprint density at radius 2 is 2.16 bits per heavy atom. The molecule has 19 heavy (non-hydrogen) atoms. The van der Waals surface area contributed by atoms with Gasteiger partial charge in [0.1, 0.15) is 5.75 Å². The number of piperidine rings is 1. The minimum absolute atomic E-state index is 0.155. The largest absolute Gasteiger partial charge is 0.423 e. The van der Waals surface area contributed by atoms with Crippen molar-refractivity contribution in [2.24, 2.45) is 0 Å². The van der Waals surface area contributed by atoms with Gasteiger partial charge in [-0.25, -0.2) is 9.63 Å². The van der Waals surface area contributed by atoms with Gasteiger partial charge in [-0.05, 0) is 18.9 Å². The Labute approximate surface area is 110 Å². The summed E-state index contributed by atoms with van der Waals surface area (Å²) in [7, 11) is -3.57. The van der Waals surface area contributed by atoms with Crippen molar-refractivity contribution in [2.75, 3.05) is 6.54 Å². The maximum Gasteiger partial charge on any atom is 0.392 e. The second-order valence-corrected chi connectivity index (χ2v) is 6.78. The number of rotatable bonds is 1. The minimum atomic E-state index is -3.57. The maximum absolute atomic E-state index is 12.7. The van der Waals surface area contributed by atoms with Crippen LogP contribution < -0.4 is 4.52 Å². The van der Waals surface area contributed by atoms with Gasteiger partial charge in [0.2, 0.25) is 0 Å². The summed E-state index contributed by atoms with van der Waals surface area (Å²) < 4.78 is 23.5. The Kier molecular flexibility index (Phi) is 3.09. The van der Waals surface area contributed by atoms with Crippen LogP contribution in [0.15, 0.2) is 24.3 Å². The quantitative estimate of drug-likeness (QED) is 0.631. The number of para-hydroxylation sites is 1. The molecule has 0 aliphatic carbocycles. The van der Waals surface area contributed by atoms with Crippen LogP contribution in [0, 0.1) is 0 Å². The molecule has 0 saturated carbocycles. The third-order valence-corrected chi connectivity index (χ3v) is 5.55. The summed E-state index contributed by atoms with van der Waals surface area (Å²) in [6.07, 6.45) is 0.973. The monoisotopic (exact) mass is 283 g/mol. The van der Waals surface area contributed by atoms with Gasteiger partial charge in [0.15, 0.2) is 5.66 Å². The van der Waals surface area contributed by atoms with E-state index in [9.17, 15) is 14.6 Å². The summed E-state index contributed by atoms with van der Waals surface area (Å²) in [5.74, 6) is -0.103. The first-order valence-electron chi connectivity index (χ1n) is 6.12. The highest BCUT2D eigenvalue weighted by Crippen LogP contribution is 2.59. The highest BCUT2D eigenvalue weighted by Gasteiger charge is 2.48. The number of hydroxylamine groups is 2. The van der Waals surface area contributed by atoms with Crippen LogP contribution in [0.25, 0.3) is 0 Å². The molecule has 2 heterocycles. The highest BCUT2D eigenvalue weighted by atomic mass is 31.2. The second-order valence-electron chi connectivity index (χ2n) is 4.63. The summed E-state index contributed by atoms with van der Waals surface area (Å²) >= 11 is 0. The molecule has 2 atom stereocenters. The molecule has 0 bridgehead atoms. The lowest BCUT2D eigenvalue weighted by Crippen LogP contribution is -2.43. The summed E-state index contributed by atoms with van der Waals surface area (Å²) in [4.78, 5) is 11.9. The van der Waals surface area contributed by atoms with Crippen molar-refractivity contribution >= 4 is 13.5 Å². The van der Waals surface area contributed by atoms with Crippen LogP contribution >= 0.6 is 7.60 Å². The molecule has 1 saturated heterocycles. The van der Waals surface area contributed by atoms with Gasteiger partial charge in [0.05, 0.1) is 6.61 Å². The van der Waals surface area contributed by atoms with Gasteiger partial charge < -0.3 is 4.52 Å². The van der Waals surface area contributed by atoms with E-state index in [0.717, 1.165) is 5.56 Å². The van der Waals surface area contributed by atoms with E-state index in [-0.39, 0.29) is 13.2 Å². The molecular weight excluding hydrogens is 269 g/mol. The second kappa shape index (κ2) is 4.63. The molecule has 3 rings (SSSR count). The van der Waals surface area contributed by atoms with Gasteiger partial charge in [-0.2, -0.15) is 0 Å². The van der Waals surface area contributed by atoms with Crippen LogP contribution in [-0.4, -0.2) is 28.4 Å². The molecule has 102 valence electrons. The average molecular weight is 283 g/mol. The molecule has 1 N–H and O–H groups in total. The molecule has 2 aliphatic heterocycles. The van der Waals surface area contributed by atoms with E-state index < -0.39 is 19.2 Å². The molecule has 7 heteroatoms. The van der Waals surface area contributed by atoms with Crippen molar-refractivity contribution in [1.29, 1.82) is 0 Å². The number of nitrogens with zero attached hydrogens (tertiary/aromatic N) is 1. The van der Waals surface area contributed by atoms with E-state index in [1.54, 1.807) is 12.1 Å². The number of benzene rings is 1. The van der Waals surface area contributed by atoms with Gasteiger partial charge in [-0.3, -0.25) is 14.5 Å². The van der Waals surface area contributed by atoms with Crippen molar-refractivity contribution in [1.82, 2.24) is 5.06 Å². The van der Waals surface area contributed by atoms with Crippen molar-refractivity contribution in [3.05, 3.63) is 29.8 Å². The molecule has 0 aromatic heterocycles. The summed E-state index contributed by atoms with van der Waals surface area (Å²) in [5, 5.41) is 10.0. The third-order valence-electron chi connectivity index (χ3n) is 3.37. The van der Waals surface area contributed by atoms with Gasteiger partial charge in [-0.1, -0.05) is 18.2 Å². The van der Waals surface area contributed by atoms with Gasteiger partial charge in [0, 0.05) is 12.1 Å². The molecule has 0 spiro atoms. The van der Waals surface area contributed by atoms with Crippen LogP contribution in [0.4, 0.5) is 0 Å². The predicted octanol–water partition coefficient (Wildman–Crippen LogP) is 2.17. The van der Waals surface area contributed by atoms with Crippen LogP contribution in [0.3, 0.4) is 0 Å². The van der Waals surface area contributed by atoms with Crippen LogP contribution in [-0.2, 0) is 20.5 Å². The van der Waals surface area contributed by atoms with E-state index in [1.165, 1.54) is 0 Å². The Morgan fingerprint density at radius 1 is 1.37 bits per heavy atom. The maximum atomic E-state index is 12.7. The standard InChI is InChI=1S/C12H14NO5P/c14-12-11(6-3-7-13(12)15)19(16)17-8-9-4-1-2-5-10(9)18-19/h1-2,4-5,11,15H,3,6-8H2. The number of carbonyl (C=O) groups excluding carboxylic acids is 1. The number of carbonyl (C=O) groups is 1. The van der Waals surface area contributed by atoms with Gasteiger partial charge in [-0.15, -0.1) is 0 Å². The number of amides is 1. The smallest absolute Gasteiger partial charge is 0.392 e. The summed E-state index contributed by atoms with van der Waals surface area (Å²) in [6, 6.07) is 7.13. The molecule has 2 unspecified atom stereocenters. The average Bonchev–Trinajstić information content (AvgIpc) is 2.41. The van der Waals surface area contributed by atoms with E-state index in [1.807, 2.05) is 12.1 Å². The van der Waals surface area contributed by atoms with Gasteiger partial charge >= 0.3 is 7.60 Å². The number of hydrogen-bond donors (Lipinski definition) is 1. The zero-order valence-electron chi connectivity index (χ0n) is 10.2. The first kappa shape index (κ1) is 12.7. The van der Waals surface area contributed by atoms with Crippen LogP contribution in [0.1, 0.15) is 18.4 Å². The zero-order chi connectivity index (χ0) is 13.5. The molecule has 1 fully saturated rings. The summed E-state index contributed by atoms with van der Waals surface area (Å²) in [6.45, 7) is 0.411. The van der Waals surface area contributed by atoms with E-state index in [4.69, 9.17) is 9.05 Å². The topological polar surface area (TPSA) is 76.1 Å². The molecule has 1 aromatic carbocycles. The fourth-order valence-electron chi connectivity index (χ4n) is 2.32. The molecule has 2 aliphatic rings. The zero-order valence-corrected chi connectivity index (χ0v) is 11.1. The minimum Gasteiger partial charge on any atom is -0.423 e.